The second-order valence-corrected chi connectivity index (χ2v) is 8.52. The minimum atomic E-state index is -0.700. The Morgan fingerprint density at radius 2 is 2.21 bits per heavy atom. The van der Waals surface area contributed by atoms with E-state index in [1.165, 1.54) is 11.3 Å². The number of hydrogen-bond donors (Lipinski definition) is 1. The molecule has 28 heavy (non-hydrogen) atoms. The molecule has 6 nitrogen and oxygen atoms in total. The number of carbonyl (C=O) groups is 2. The molecule has 4 rings (SSSR count). The molecule has 2 aromatic heterocycles. The van der Waals surface area contributed by atoms with Crippen LogP contribution in [0.1, 0.15) is 38.5 Å². The van der Waals surface area contributed by atoms with Crippen molar-refractivity contribution in [2.75, 3.05) is 11.9 Å². The Morgan fingerprint density at radius 1 is 1.39 bits per heavy atom. The summed E-state index contributed by atoms with van der Waals surface area (Å²) in [6, 6.07) is 7.60. The summed E-state index contributed by atoms with van der Waals surface area (Å²) < 4.78 is 11.6. The fourth-order valence-electron chi connectivity index (χ4n) is 3.36. The molecule has 0 saturated heterocycles. The van der Waals surface area contributed by atoms with Gasteiger partial charge in [0, 0.05) is 20.3 Å². The summed E-state index contributed by atoms with van der Waals surface area (Å²) in [6.45, 7) is 1.31. The molecule has 3 aromatic rings. The van der Waals surface area contributed by atoms with E-state index in [1.54, 1.807) is 13.0 Å². The van der Waals surface area contributed by atoms with Crippen LogP contribution in [-0.4, -0.2) is 18.5 Å². The number of thiophene rings is 1. The predicted octanol–water partition coefficient (Wildman–Crippen LogP) is 4.72. The summed E-state index contributed by atoms with van der Waals surface area (Å²) in [5.74, 6) is -1.11. The van der Waals surface area contributed by atoms with Crippen molar-refractivity contribution in [2.45, 2.75) is 26.2 Å². The first-order chi connectivity index (χ1) is 13.5. The Kier molecular flexibility index (Phi) is 4.96. The third-order valence-electron chi connectivity index (χ3n) is 4.70. The Labute approximate surface area is 173 Å². The van der Waals surface area contributed by atoms with Gasteiger partial charge in [0.1, 0.15) is 16.7 Å². The van der Waals surface area contributed by atoms with Gasteiger partial charge in [-0.1, -0.05) is 15.9 Å². The van der Waals surface area contributed by atoms with Crippen LogP contribution in [-0.2, 0) is 22.4 Å². The third-order valence-corrected chi connectivity index (χ3v) is 6.40. The number of fused-ring (bicyclic) bond motifs is 2. The number of furan rings is 1. The Bertz CT molecular complexity index is 1160. The molecule has 0 unspecified atom stereocenters. The molecule has 0 spiro atoms. The molecule has 0 atom stereocenters. The largest absolute Gasteiger partial charge is 0.450 e. The zero-order valence-corrected chi connectivity index (χ0v) is 17.3. The first-order valence-electron chi connectivity index (χ1n) is 8.68. The lowest BCUT2D eigenvalue weighted by Gasteiger charge is -2.05. The number of amides is 1. The molecule has 1 aromatic carbocycles. The van der Waals surface area contributed by atoms with Gasteiger partial charge in [-0.3, -0.25) is 4.79 Å². The van der Waals surface area contributed by atoms with Crippen LogP contribution in [0.5, 0.6) is 0 Å². The monoisotopic (exact) mass is 458 g/mol. The molecule has 0 saturated carbocycles. The lowest BCUT2D eigenvalue weighted by Crippen LogP contribution is -2.21. The Balaban J connectivity index is 1.44. The molecule has 1 N–H and O–H groups in total. The number of carbonyl (C=O) groups excluding carboxylic acids is 2. The van der Waals surface area contributed by atoms with E-state index in [9.17, 15) is 14.9 Å². The number of halogens is 1. The van der Waals surface area contributed by atoms with Gasteiger partial charge in [0.25, 0.3) is 5.91 Å². The topological polar surface area (TPSA) is 92.3 Å². The van der Waals surface area contributed by atoms with Gasteiger partial charge in [-0.05, 0) is 49.9 Å². The summed E-state index contributed by atoms with van der Waals surface area (Å²) in [6.07, 6.45) is 2.83. The van der Waals surface area contributed by atoms with E-state index in [2.05, 4.69) is 27.3 Å². The minimum absolute atomic E-state index is 0.0775. The minimum Gasteiger partial charge on any atom is -0.450 e. The van der Waals surface area contributed by atoms with Gasteiger partial charge in [-0.25, -0.2) is 4.79 Å². The van der Waals surface area contributed by atoms with Crippen LogP contribution in [0.2, 0.25) is 0 Å². The quantitative estimate of drug-likeness (QED) is 0.570. The van der Waals surface area contributed by atoms with Crippen LogP contribution in [0.15, 0.2) is 27.1 Å². The number of anilines is 1. The van der Waals surface area contributed by atoms with Crippen molar-refractivity contribution in [3.05, 3.63) is 50.0 Å². The van der Waals surface area contributed by atoms with E-state index in [0.717, 1.165) is 39.6 Å². The second kappa shape index (κ2) is 7.41. The van der Waals surface area contributed by atoms with Crippen LogP contribution in [0.25, 0.3) is 11.0 Å². The summed E-state index contributed by atoms with van der Waals surface area (Å²) in [5.41, 5.74) is 2.78. The van der Waals surface area contributed by atoms with Gasteiger partial charge < -0.3 is 14.5 Å². The first kappa shape index (κ1) is 18.7. The molecule has 1 amide bonds. The van der Waals surface area contributed by atoms with Crippen LogP contribution >= 0.6 is 27.3 Å². The van der Waals surface area contributed by atoms with E-state index in [-0.39, 0.29) is 5.76 Å². The number of rotatable bonds is 4. The van der Waals surface area contributed by atoms with Crippen molar-refractivity contribution >= 4 is 55.1 Å². The van der Waals surface area contributed by atoms with Crippen LogP contribution in [0, 0.1) is 18.3 Å². The molecule has 8 heteroatoms. The van der Waals surface area contributed by atoms with Gasteiger partial charge in [-0.15, -0.1) is 11.3 Å². The average molecular weight is 459 g/mol. The number of nitriles is 1. The lowest BCUT2D eigenvalue weighted by molar-refractivity contribution is -0.119. The van der Waals surface area contributed by atoms with Gasteiger partial charge >= 0.3 is 5.97 Å². The molecule has 1 aliphatic rings. The molecular formula is C20H15BrN2O4S. The molecule has 142 valence electrons. The number of nitrogens with one attached hydrogen (secondary N) is 1. The van der Waals surface area contributed by atoms with Crippen molar-refractivity contribution < 1.29 is 18.7 Å². The fourth-order valence-corrected chi connectivity index (χ4v) is 4.97. The molecule has 0 bridgehead atoms. The van der Waals surface area contributed by atoms with E-state index in [1.807, 2.05) is 12.1 Å². The normalized spacial score (nSPS) is 12.6. The summed E-state index contributed by atoms with van der Waals surface area (Å²) in [5, 5.41) is 13.4. The predicted molar refractivity (Wildman–Crippen MR) is 109 cm³/mol. The highest BCUT2D eigenvalue weighted by molar-refractivity contribution is 9.10. The number of ether oxygens (including phenoxy) is 1. The first-order valence-corrected chi connectivity index (χ1v) is 10.3. The molecule has 2 heterocycles. The fraction of sp³-hybridized carbons (Fsp3) is 0.250. The third kappa shape index (κ3) is 3.32. The van der Waals surface area contributed by atoms with E-state index >= 15 is 0 Å². The van der Waals surface area contributed by atoms with Gasteiger partial charge in [-0.2, -0.15) is 5.26 Å². The number of benzene rings is 1. The second-order valence-electron chi connectivity index (χ2n) is 6.49. The number of hydrogen-bond acceptors (Lipinski definition) is 6. The van der Waals surface area contributed by atoms with Crippen LogP contribution in [0.4, 0.5) is 5.00 Å². The van der Waals surface area contributed by atoms with Crippen LogP contribution in [0.3, 0.4) is 0 Å². The van der Waals surface area contributed by atoms with Crippen molar-refractivity contribution in [1.82, 2.24) is 0 Å². The molecule has 1 aliphatic carbocycles. The van der Waals surface area contributed by atoms with Gasteiger partial charge in [0.15, 0.2) is 6.61 Å². The summed E-state index contributed by atoms with van der Waals surface area (Å²) in [4.78, 5) is 25.7. The SMILES string of the molecule is Cc1c(C(=O)OCC(=O)Nc2sc3c(c2C#N)CCC3)oc2ccc(Br)cc12. The van der Waals surface area contributed by atoms with Crippen LogP contribution < -0.4 is 5.32 Å². The lowest BCUT2D eigenvalue weighted by atomic mass is 10.1. The standard InChI is InChI=1S/C20H15BrN2O4S/c1-10-13-7-11(21)5-6-15(13)27-18(10)20(25)26-9-17(24)23-19-14(8-22)12-3-2-4-16(12)28-19/h5-7H,2-4,9H2,1H3,(H,23,24). The molecule has 0 radical (unpaired) electrons. The molecule has 0 fully saturated rings. The summed E-state index contributed by atoms with van der Waals surface area (Å²) in [7, 11) is 0. The van der Waals surface area contributed by atoms with E-state index < -0.39 is 18.5 Å². The van der Waals surface area contributed by atoms with E-state index in [0.29, 0.717) is 21.7 Å². The number of esters is 1. The highest BCUT2D eigenvalue weighted by Gasteiger charge is 2.24. The highest BCUT2D eigenvalue weighted by Crippen LogP contribution is 2.38. The smallest absolute Gasteiger partial charge is 0.375 e. The number of nitrogens with zero attached hydrogens (tertiary/aromatic N) is 1. The van der Waals surface area contributed by atoms with Crippen molar-refractivity contribution in [2.24, 2.45) is 0 Å². The Hall–Kier alpha value is -2.63. The maximum absolute atomic E-state index is 12.4. The van der Waals surface area contributed by atoms with Gasteiger partial charge in [0.2, 0.25) is 5.76 Å². The zero-order valence-electron chi connectivity index (χ0n) is 14.9. The maximum Gasteiger partial charge on any atom is 0.375 e. The van der Waals surface area contributed by atoms with Crippen molar-refractivity contribution in [3.8, 4) is 6.07 Å². The van der Waals surface area contributed by atoms with Gasteiger partial charge in [0.05, 0.1) is 5.56 Å². The Morgan fingerprint density at radius 3 is 3.00 bits per heavy atom. The van der Waals surface area contributed by atoms with Crippen molar-refractivity contribution in [1.29, 1.82) is 5.26 Å². The maximum atomic E-state index is 12.4. The average Bonchev–Trinajstić information content (AvgIpc) is 3.33. The van der Waals surface area contributed by atoms with E-state index in [4.69, 9.17) is 9.15 Å². The molecule has 0 aliphatic heterocycles. The number of aryl methyl sites for hydroxylation is 2. The molecular weight excluding hydrogens is 444 g/mol. The highest BCUT2D eigenvalue weighted by atomic mass is 79.9. The van der Waals surface area contributed by atoms with Crippen molar-refractivity contribution in [3.63, 3.8) is 0 Å². The zero-order chi connectivity index (χ0) is 19.8. The summed E-state index contributed by atoms with van der Waals surface area (Å²) >= 11 is 4.81.